The highest BCUT2D eigenvalue weighted by Crippen LogP contribution is 2.22. The standard InChI is InChI=1S/C18H15N3O5/c1-3-10-26-17-9-8-16(25-2)11-14(17)12-19-20-18(22)13-4-6-15(7-5-13)21(23)24/h1,4-9,11-12H,10H2,2H3,(H,20,22). The first-order valence-electron chi connectivity index (χ1n) is 7.37. The lowest BCUT2D eigenvalue weighted by atomic mass is 10.2. The first kappa shape index (κ1) is 18.5. The zero-order valence-electron chi connectivity index (χ0n) is 13.8. The van der Waals surface area contributed by atoms with Gasteiger partial charge in [-0.05, 0) is 30.3 Å². The number of carbonyl (C=O) groups excluding carboxylic acids is 1. The molecule has 0 aliphatic rings. The number of rotatable bonds is 7. The summed E-state index contributed by atoms with van der Waals surface area (Å²) in [5.41, 5.74) is 3.04. The predicted octanol–water partition coefficient (Wildman–Crippen LogP) is 2.38. The van der Waals surface area contributed by atoms with Gasteiger partial charge in [-0.1, -0.05) is 5.92 Å². The Labute approximate surface area is 149 Å². The summed E-state index contributed by atoms with van der Waals surface area (Å²) in [4.78, 5) is 22.1. The van der Waals surface area contributed by atoms with Crippen LogP contribution in [0.25, 0.3) is 0 Å². The van der Waals surface area contributed by atoms with Crippen molar-refractivity contribution in [3.63, 3.8) is 0 Å². The van der Waals surface area contributed by atoms with Gasteiger partial charge in [-0.25, -0.2) is 5.43 Å². The normalized spacial score (nSPS) is 10.2. The molecule has 8 nitrogen and oxygen atoms in total. The van der Waals surface area contributed by atoms with Gasteiger partial charge >= 0.3 is 0 Å². The number of hydrogen-bond donors (Lipinski definition) is 1. The molecule has 132 valence electrons. The molecule has 0 unspecified atom stereocenters. The molecule has 0 atom stereocenters. The van der Waals surface area contributed by atoms with Crippen molar-refractivity contribution in [2.24, 2.45) is 5.10 Å². The van der Waals surface area contributed by atoms with E-state index in [0.717, 1.165) is 0 Å². The lowest BCUT2D eigenvalue weighted by Gasteiger charge is -2.08. The maximum Gasteiger partial charge on any atom is 0.271 e. The zero-order chi connectivity index (χ0) is 18.9. The van der Waals surface area contributed by atoms with Crippen LogP contribution in [0.15, 0.2) is 47.6 Å². The first-order chi connectivity index (χ1) is 12.5. The van der Waals surface area contributed by atoms with Crippen molar-refractivity contribution in [2.75, 3.05) is 13.7 Å². The molecule has 1 amide bonds. The Morgan fingerprint density at radius 2 is 2.08 bits per heavy atom. The first-order valence-corrected chi connectivity index (χ1v) is 7.37. The third-order valence-electron chi connectivity index (χ3n) is 3.24. The lowest BCUT2D eigenvalue weighted by Crippen LogP contribution is -2.17. The second kappa shape index (κ2) is 8.84. The minimum absolute atomic E-state index is 0.0856. The van der Waals surface area contributed by atoms with E-state index in [1.54, 1.807) is 18.2 Å². The van der Waals surface area contributed by atoms with Crippen LogP contribution in [0.1, 0.15) is 15.9 Å². The maximum absolute atomic E-state index is 12.0. The summed E-state index contributed by atoms with van der Waals surface area (Å²) >= 11 is 0. The van der Waals surface area contributed by atoms with Crippen LogP contribution in [0.2, 0.25) is 0 Å². The number of nitrogens with zero attached hydrogens (tertiary/aromatic N) is 2. The Balaban J connectivity index is 2.10. The van der Waals surface area contributed by atoms with Crippen LogP contribution in [-0.2, 0) is 0 Å². The van der Waals surface area contributed by atoms with E-state index in [4.69, 9.17) is 15.9 Å². The molecule has 0 bridgehead atoms. The number of benzene rings is 2. The van der Waals surface area contributed by atoms with Crippen molar-refractivity contribution >= 4 is 17.8 Å². The predicted molar refractivity (Wildman–Crippen MR) is 95.5 cm³/mol. The van der Waals surface area contributed by atoms with Gasteiger partial charge in [-0.15, -0.1) is 6.42 Å². The largest absolute Gasteiger partial charge is 0.497 e. The van der Waals surface area contributed by atoms with Crippen LogP contribution in [0.5, 0.6) is 11.5 Å². The van der Waals surface area contributed by atoms with E-state index in [2.05, 4.69) is 16.4 Å². The monoisotopic (exact) mass is 353 g/mol. The molecule has 2 rings (SSSR count). The average molecular weight is 353 g/mol. The van der Waals surface area contributed by atoms with E-state index in [-0.39, 0.29) is 17.9 Å². The van der Waals surface area contributed by atoms with Gasteiger partial charge in [0.2, 0.25) is 0 Å². The van der Waals surface area contributed by atoms with E-state index in [1.165, 1.54) is 37.6 Å². The molecule has 1 N–H and O–H groups in total. The van der Waals surface area contributed by atoms with Gasteiger partial charge in [0, 0.05) is 23.3 Å². The number of amides is 1. The summed E-state index contributed by atoms with van der Waals surface area (Å²) in [5, 5.41) is 14.5. The summed E-state index contributed by atoms with van der Waals surface area (Å²) in [5.74, 6) is 2.92. The Morgan fingerprint density at radius 1 is 1.35 bits per heavy atom. The molecule has 8 heteroatoms. The molecule has 0 fully saturated rings. The summed E-state index contributed by atoms with van der Waals surface area (Å²) in [6.45, 7) is 0.0856. The number of nitro groups is 1. The van der Waals surface area contributed by atoms with Crippen LogP contribution in [0.4, 0.5) is 5.69 Å². The highest BCUT2D eigenvalue weighted by Gasteiger charge is 2.09. The number of ether oxygens (including phenoxy) is 2. The fourth-order valence-corrected chi connectivity index (χ4v) is 1.96. The Bertz CT molecular complexity index is 869. The van der Waals surface area contributed by atoms with Crippen molar-refractivity contribution in [1.29, 1.82) is 0 Å². The molecular weight excluding hydrogens is 338 g/mol. The van der Waals surface area contributed by atoms with Crippen LogP contribution in [0, 0.1) is 22.5 Å². The van der Waals surface area contributed by atoms with Crippen LogP contribution in [-0.4, -0.2) is 30.8 Å². The van der Waals surface area contributed by atoms with Crippen molar-refractivity contribution in [3.8, 4) is 23.8 Å². The minimum Gasteiger partial charge on any atom is -0.497 e. The summed E-state index contributed by atoms with van der Waals surface area (Å²) < 4.78 is 10.5. The molecule has 0 saturated carbocycles. The lowest BCUT2D eigenvalue weighted by molar-refractivity contribution is -0.384. The van der Waals surface area contributed by atoms with E-state index in [1.807, 2.05) is 0 Å². The van der Waals surface area contributed by atoms with Crippen molar-refractivity contribution < 1.29 is 19.2 Å². The van der Waals surface area contributed by atoms with Crippen LogP contribution >= 0.6 is 0 Å². The highest BCUT2D eigenvalue weighted by molar-refractivity contribution is 5.95. The minimum atomic E-state index is -0.541. The number of non-ortho nitro benzene ring substituents is 1. The number of hydrogen-bond acceptors (Lipinski definition) is 6. The van der Waals surface area contributed by atoms with Crippen molar-refractivity contribution in [2.45, 2.75) is 0 Å². The van der Waals surface area contributed by atoms with Gasteiger partial charge in [0.25, 0.3) is 11.6 Å². The van der Waals surface area contributed by atoms with E-state index < -0.39 is 10.8 Å². The average Bonchev–Trinajstić information content (AvgIpc) is 2.66. The number of nitro benzene ring substituents is 1. The van der Waals surface area contributed by atoms with Gasteiger partial charge in [0.05, 0.1) is 18.2 Å². The van der Waals surface area contributed by atoms with E-state index in [0.29, 0.717) is 17.1 Å². The SMILES string of the molecule is C#CCOc1ccc(OC)cc1C=NNC(=O)c1ccc([N+](=O)[O-])cc1. The second-order valence-electron chi connectivity index (χ2n) is 4.90. The van der Waals surface area contributed by atoms with E-state index in [9.17, 15) is 14.9 Å². The molecule has 0 radical (unpaired) electrons. The van der Waals surface area contributed by atoms with Gasteiger partial charge in [-0.2, -0.15) is 5.10 Å². The summed E-state index contributed by atoms with van der Waals surface area (Å²) in [6.07, 6.45) is 6.57. The number of methoxy groups -OCH3 is 1. The Hall–Kier alpha value is -3.86. The third-order valence-corrected chi connectivity index (χ3v) is 3.24. The molecule has 2 aromatic rings. The van der Waals surface area contributed by atoms with Gasteiger partial charge in [0.15, 0.2) is 0 Å². The third kappa shape index (κ3) is 4.82. The van der Waals surface area contributed by atoms with Gasteiger partial charge in [0.1, 0.15) is 18.1 Å². The topological polar surface area (TPSA) is 103 Å². The highest BCUT2D eigenvalue weighted by atomic mass is 16.6. The quantitative estimate of drug-likeness (QED) is 0.356. The van der Waals surface area contributed by atoms with Crippen LogP contribution in [0.3, 0.4) is 0 Å². The molecule has 0 aliphatic heterocycles. The van der Waals surface area contributed by atoms with Gasteiger partial charge in [-0.3, -0.25) is 14.9 Å². The maximum atomic E-state index is 12.0. The summed E-state index contributed by atoms with van der Waals surface area (Å²) in [6, 6.07) is 10.2. The second-order valence-corrected chi connectivity index (χ2v) is 4.90. The molecule has 26 heavy (non-hydrogen) atoms. The summed E-state index contributed by atoms with van der Waals surface area (Å²) in [7, 11) is 1.52. The fourth-order valence-electron chi connectivity index (χ4n) is 1.96. The number of terminal acetylenes is 1. The molecule has 0 aliphatic carbocycles. The fraction of sp³-hybridized carbons (Fsp3) is 0.111. The van der Waals surface area contributed by atoms with Gasteiger partial charge < -0.3 is 9.47 Å². The molecule has 0 heterocycles. The number of nitrogens with one attached hydrogen (secondary N) is 1. The number of carbonyl (C=O) groups is 1. The van der Waals surface area contributed by atoms with Crippen LogP contribution < -0.4 is 14.9 Å². The smallest absolute Gasteiger partial charge is 0.271 e. The Morgan fingerprint density at radius 3 is 2.69 bits per heavy atom. The molecule has 0 aromatic heterocycles. The zero-order valence-corrected chi connectivity index (χ0v) is 13.8. The number of hydrazone groups is 1. The molecule has 0 spiro atoms. The molecule has 0 saturated heterocycles. The van der Waals surface area contributed by atoms with Crippen molar-refractivity contribution in [1.82, 2.24) is 5.43 Å². The molecular formula is C18H15N3O5. The Kier molecular flexibility index (Phi) is 6.28. The van der Waals surface area contributed by atoms with Crippen molar-refractivity contribution in [3.05, 3.63) is 63.7 Å². The molecule has 2 aromatic carbocycles. The van der Waals surface area contributed by atoms with E-state index >= 15 is 0 Å².